The second-order valence-corrected chi connectivity index (χ2v) is 7.21. The molecule has 1 unspecified atom stereocenters. The Hall–Kier alpha value is -1.30. The van der Waals surface area contributed by atoms with Gasteiger partial charge in [-0.3, -0.25) is 0 Å². The summed E-state index contributed by atoms with van der Waals surface area (Å²) in [6, 6.07) is 10.4. The summed E-state index contributed by atoms with van der Waals surface area (Å²) in [5.74, 6) is 0.214. The Balaban J connectivity index is 2.29. The lowest BCUT2D eigenvalue weighted by atomic mass is 9.87. The smallest absolute Gasteiger partial charge is 0.172 e. The number of phenols is 2. The molecule has 1 atom stereocenters. The van der Waals surface area contributed by atoms with Gasteiger partial charge in [-0.1, -0.05) is 30.3 Å². The number of rotatable bonds is 3. The molecule has 0 bridgehead atoms. The lowest BCUT2D eigenvalue weighted by Gasteiger charge is -2.24. The lowest BCUT2D eigenvalue weighted by Crippen LogP contribution is -2.21. The number of fused-ring (bicyclic) bond motifs is 1. The normalized spacial score (nSPS) is 17.6. The van der Waals surface area contributed by atoms with Gasteiger partial charge >= 0.3 is 0 Å². The number of aromatic hydroxyl groups is 2. The van der Waals surface area contributed by atoms with Crippen LogP contribution in [0.15, 0.2) is 40.1 Å². The highest BCUT2D eigenvalue weighted by Crippen LogP contribution is 2.50. The van der Waals surface area contributed by atoms with Crippen molar-refractivity contribution in [3.63, 3.8) is 0 Å². The van der Waals surface area contributed by atoms with Crippen molar-refractivity contribution in [1.29, 1.82) is 0 Å². The molecule has 1 aliphatic rings. The van der Waals surface area contributed by atoms with Crippen LogP contribution >= 0.6 is 23.5 Å². The summed E-state index contributed by atoms with van der Waals surface area (Å²) in [5, 5.41) is 24.4. The zero-order valence-corrected chi connectivity index (χ0v) is 14.9. The third-order valence-electron chi connectivity index (χ3n) is 4.36. The van der Waals surface area contributed by atoms with E-state index in [0.29, 0.717) is 0 Å². The quantitative estimate of drug-likeness (QED) is 0.582. The van der Waals surface area contributed by atoms with Crippen molar-refractivity contribution in [3.8, 4) is 11.5 Å². The maximum Gasteiger partial charge on any atom is 0.172 e. The second-order valence-electron chi connectivity index (χ2n) is 5.57. The van der Waals surface area contributed by atoms with E-state index in [-0.39, 0.29) is 17.4 Å². The molecule has 3 nitrogen and oxygen atoms in total. The van der Waals surface area contributed by atoms with Crippen LogP contribution in [0.3, 0.4) is 0 Å². The van der Waals surface area contributed by atoms with Crippen LogP contribution in [0.1, 0.15) is 22.6 Å². The van der Waals surface area contributed by atoms with Crippen molar-refractivity contribution in [2.24, 2.45) is 0 Å². The molecule has 5 heteroatoms. The standard InChI is InChI=1S/C18H21NO2S2/c1-22-17-12-8-9-19-10-13(11-6-4-3-5-7-11)14(12)18(23-2)16(21)15(17)20/h3-7,13,19-21H,8-10H2,1-2H3. The second kappa shape index (κ2) is 7.07. The molecule has 3 rings (SSSR count). The van der Waals surface area contributed by atoms with Crippen molar-refractivity contribution in [1.82, 2.24) is 5.32 Å². The number of hydrogen-bond donors (Lipinski definition) is 3. The lowest BCUT2D eigenvalue weighted by molar-refractivity contribution is 0.383. The van der Waals surface area contributed by atoms with Crippen LogP contribution in [-0.2, 0) is 6.42 Å². The summed E-state index contributed by atoms with van der Waals surface area (Å²) in [7, 11) is 0. The van der Waals surface area contributed by atoms with Gasteiger partial charge in [0.1, 0.15) is 0 Å². The molecule has 0 saturated carbocycles. The molecule has 2 aromatic rings. The predicted octanol–water partition coefficient (Wildman–Crippen LogP) is 3.82. The third kappa shape index (κ3) is 2.93. The average Bonchev–Trinajstić information content (AvgIpc) is 2.80. The van der Waals surface area contributed by atoms with E-state index in [1.807, 2.05) is 18.6 Å². The largest absolute Gasteiger partial charge is 0.503 e. The average molecular weight is 348 g/mol. The van der Waals surface area contributed by atoms with Gasteiger partial charge in [0.2, 0.25) is 0 Å². The van der Waals surface area contributed by atoms with Gasteiger partial charge in [0.25, 0.3) is 0 Å². The van der Waals surface area contributed by atoms with Gasteiger partial charge in [0.15, 0.2) is 11.5 Å². The van der Waals surface area contributed by atoms with Gasteiger partial charge in [0, 0.05) is 12.5 Å². The minimum absolute atomic E-state index is 0.0171. The van der Waals surface area contributed by atoms with Crippen molar-refractivity contribution in [3.05, 3.63) is 47.0 Å². The minimum Gasteiger partial charge on any atom is -0.503 e. The van der Waals surface area contributed by atoms with Crippen LogP contribution in [0.2, 0.25) is 0 Å². The molecule has 0 saturated heterocycles. The summed E-state index contributed by atoms with van der Waals surface area (Å²) < 4.78 is 0. The summed E-state index contributed by atoms with van der Waals surface area (Å²) in [6.07, 6.45) is 4.76. The molecule has 0 fully saturated rings. The summed E-state index contributed by atoms with van der Waals surface area (Å²) in [5.41, 5.74) is 3.56. The van der Waals surface area contributed by atoms with Crippen LogP contribution < -0.4 is 5.32 Å². The molecule has 2 aromatic carbocycles. The zero-order chi connectivity index (χ0) is 16.4. The molecule has 0 aliphatic carbocycles. The molecule has 1 aliphatic heterocycles. The fraction of sp³-hybridized carbons (Fsp3) is 0.333. The van der Waals surface area contributed by atoms with E-state index in [0.717, 1.165) is 40.4 Å². The van der Waals surface area contributed by atoms with Gasteiger partial charge in [-0.25, -0.2) is 0 Å². The van der Waals surface area contributed by atoms with Crippen molar-refractivity contribution in [2.45, 2.75) is 22.1 Å². The van der Waals surface area contributed by atoms with Gasteiger partial charge in [-0.15, -0.1) is 23.5 Å². The van der Waals surface area contributed by atoms with Gasteiger partial charge < -0.3 is 15.5 Å². The maximum absolute atomic E-state index is 10.5. The highest BCUT2D eigenvalue weighted by atomic mass is 32.2. The molecule has 0 aromatic heterocycles. The zero-order valence-electron chi connectivity index (χ0n) is 13.3. The Labute approximate surface area is 145 Å². The Morgan fingerprint density at radius 3 is 2.30 bits per heavy atom. The number of thioether (sulfide) groups is 2. The van der Waals surface area contributed by atoms with E-state index in [2.05, 4.69) is 29.6 Å². The monoisotopic (exact) mass is 347 g/mol. The van der Waals surface area contributed by atoms with Crippen molar-refractivity contribution < 1.29 is 10.2 Å². The Bertz CT molecular complexity index is 704. The van der Waals surface area contributed by atoms with Crippen molar-refractivity contribution >= 4 is 23.5 Å². The molecule has 1 heterocycles. The first-order valence-electron chi connectivity index (χ1n) is 7.63. The molecular formula is C18H21NO2S2. The first kappa shape index (κ1) is 16.6. The van der Waals surface area contributed by atoms with Crippen LogP contribution in [0.4, 0.5) is 0 Å². The minimum atomic E-state index is 0.0171. The van der Waals surface area contributed by atoms with E-state index >= 15 is 0 Å². The van der Waals surface area contributed by atoms with Gasteiger partial charge in [-0.2, -0.15) is 0 Å². The van der Waals surface area contributed by atoms with Crippen LogP contribution in [0.25, 0.3) is 0 Å². The van der Waals surface area contributed by atoms with Crippen LogP contribution in [0.5, 0.6) is 11.5 Å². The van der Waals surface area contributed by atoms with Crippen molar-refractivity contribution in [2.75, 3.05) is 25.6 Å². The van der Waals surface area contributed by atoms with E-state index in [4.69, 9.17) is 0 Å². The molecule has 122 valence electrons. The summed E-state index contributed by atoms with van der Waals surface area (Å²) in [6.45, 7) is 1.71. The fourth-order valence-electron chi connectivity index (χ4n) is 3.32. The number of phenolic OH excluding ortho intramolecular Hbond substituents is 2. The fourth-order valence-corrected chi connectivity index (χ4v) is 4.84. The molecular weight excluding hydrogens is 326 g/mol. The Kier molecular flexibility index (Phi) is 5.09. The molecule has 23 heavy (non-hydrogen) atoms. The van der Waals surface area contributed by atoms with E-state index in [9.17, 15) is 10.2 Å². The van der Waals surface area contributed by atoms with E-state index in [1.165, 1.54) is 29.1 Å². The van der Waals surface area contributed by atoms with E-state index in [1.54, 1.807) is 0 Å². The van der Waals surface area contributed by atoms with E-state index < -0.39 is 0 Å². The summed E-state index contributed by atoms with van der Waals surface area (Å²) in [4.78, 5) is 1.60. The predicted molar refractivity (Wildman–Crippen MR) is 98.2 cm³/mol. The Morgan fingerprint density at radius 2 is 1.65 bits per heavy atom. The van der Waals surface area contributed by atoms with Crippen LogP contribution in [0, 0.1) is 0 Å². The first-order chi connectivity index (χ1) is 11.2. The molecule has 3 N–H and O–H groups in total. The molecule has 0 radical (unpaired) electrons. The number of benzene rings is 2. The maximum atomic E-state index is 10.5. The topological polar surface area (TPSA) is 52.5 Å². The first-order valence-corrected chi connectivity index (χ1v) is 10.1. The molecule has 0 spiro atoms. The Morgan fingerprint density at radius 1 is 1.00 bits per heavy atom. The highest BCUT2D eigenvalue weighted by Gasteiger charge is 2.29. The third-order valence-corrected chi connectivity index (χ3v) is 6.03. The van der Waals surface area contributed by atoms with Crippen LogP contribution in [-0.4, -0.2) is 35.8 Å². The number of nitrogens with one attached hydrogen (secondary N) is 1. The number of hydrogen-bond acceptors (Lipinski definition) is 5. The SMILES string of the molecule is CSc1c(O)c(O)c(SC)c2c1CCNCC2c1ccccc1. The van der Waals surface area contributed by atoms with Gasteiger partial charge in [-0.05, 0) is 42.2 Å². The summed E-state index contributed by atoms with van der Waals surface area (Å²) >= 11 is 3.01. The highest BCUT2D eigenvalue weighted by molar-refractivity contribution is 7.99. The van der Waals surface area contributed by atoms with Gasteiger partial charge in [0.05, 0.1) is 9.79 Å². The molecule has 0 amide bonds.